The minimum absolute atomic E-state index is 0.0281. The second-order valence-corrected chi connectivity index (χ2v) is 19.9. The van der Waals surface area contributed by atoms with E-state index in [9.17, 15) is 14.4 Å². The molecule has 0 aliphatic carbocycles. The van der Waals surface area contributed by atoms with Crippen LogP contribution in [0.5, 0.6) is 0 Å². The molecule has 0 bridgehead atoms. The zero-order valence-corrected chi connectivity index (χ0v) is 41.5. The fraction of sp³-hybridized carbons (Fsp3) is 0.868. The number of hydrogen-bond acceptors (Lipinski definition) is 6. The average Bonchev–Trinajstić information content (AvgIpc) is 3.19. The van der Waals surface area contributed by atoms with Gasteiger partial charge in [0.2, 0.25) is 5.91 Å². The Labute approximate surface area is 373 Å². The topological polar surface area (TPSA) is 76.1 Å². The zero-order valence-electron chi connectivity index (χ0n) is 41.5. The SMILES string of the molecule is CCCCC(C/C=C\COC(=O)CCCCCCCN(CCCCCCCC(=O)OC/C=C\CC(CCCC)CCCC)C(=O)C(C)(C)CC(C)(C)CN(C)C)CCCC. The summed E-state index contributed by atoms with van der Waals surface area (Å²) in [5.41, 5.74) is -0.414. The molecule has 0 aromatic rings. The van der Waals surface area contributed by atoms with Gasteiger partial charge in [0.05, 0.1) is 0 Å². The number of carbonyl (C=O) groups excluding carboxylic acids is 3. The molecule has 0 aliphatic rings. The number of nitrogens with zero attached hydrogens (tertiary/aromatic N) is 2. The minimum atomic E-state index is -0.442. The van der Waals surface area contributed by atoms with E-state index in [1.165, 1.54) is 77.0 Å². The van der Waals surface area contributed by atoms with Gasteiger partial charge in [0, 0.05) is 37.9 Å². The van der Waals surface area contributed by atoms with Crippen LogP contribution in [0, 0.1) is 22.7 Å². The molecule has 0 spiro atoms. The highest BCUT2D eigenvalue weighted by molar-refractivity contribution is 5.82. The van der Waals surface area contributed by atoms with Gasteiger partial charge in [0.1, 0.15) is 13.2 Å². The van der Waals surface area contributed by atoms with Crippen molar-refractivity contribution in [3.8, 4) is 0 Å². The van der Waals surface area contributed by atoms with Gasteiger partial charge >= 0.3 is 11.9 Å². The van der Waals surface area contributed by atoms with E-state index in [0.29, 0.717) is 26.1 Å². The zero-order chi connectivity index (χ0) is 44.9. The Morgan fingerprint density at radius 3 is 1.25 bits per heavy atom. The largest absolute Gasteiger partial charge is 0.461 e. The molecular weight excluding hydrogens is 745 g/mol. The maximum Gasteiger partial charge on any atom is 0.306 e. The van der Waals surface area contributed by atoms with Crippen LogP contribution in [-0.4, -0.2) is 74.6 Å². The highest BCUT2D eigenvalue weighted by Crippen LogP contribution is 2.36. The third-order valence-corrected chi connectivity index (χ3v) is 12.0. The highest BCUT2D eigenvalue weighted by atomic mass is 16.5. The molecule has 0 unspecified atom stereocenters. The number of carbonyl (C=O) groups is 3. The quantitative estimate of drug-likeness (QED) is 0.0347. The first-order valence-electron chi connectivity index (χ1n) is 25.3. The molecule has 0 saturated heterocycles. The third-order valence-electron chi connectivity index (χ3n) is 12.0. The Morgan fingerprint density at radius 1 is 0.517 bits per heavy atom. The van der Waals surface area contributed by atoms with E-state index in [1.54, 1.807) is 0 Å². The lowest BCUT2D eigenvalue weighted by Gasteiger charge is -2.39. The summed E-state index contributed by atoms with van der Waals surface area (Å²) >= 11 is 0. The van der Waals surface area contributed by atoms with Crippen molar-refractivity contribution >= 4 is 17.8 Å². The summed E-state index contributed by atoms with van der Waals surface area (Å²) in [6.45, 7) is 21.1. The van der Waals surface area contributed by atoms with Crippen LogP contribution in [0.3, 0.4) is 0 Å². The minimum Gasteiger partial charge on any atom is -0.461 e. The highest BCUT2D eigenvalue weighted by Gasteiger charge is 2.37. The van der Waals surface area contributed by atoms with Crippen LogP contribution in [0.4, 0.5) is 0 Å². The third kappa shape index (κ3) is 33.5. The van der Waals surface area contributed by atoms with Gasteiger partial charge in [-0.25, -0.2) is 0 Å². The lowest BCUT2D eigenvalue weighted by Crippen LogP contribution is -2.45. The molecular formula is C53H100N2O5. The fourth-order valence-electron chi connectivity index (χ4n) is 9.00. The molecule has 0 N–H and O–H groups in total. The van der Waals surface area contributed by atoms with E-state index in [-0.39, 0.29) is 23.3 Å². The van der Waals surface area contributed by atoms with Gasteiger partial charge in [-0.3, -0.25) is 14.4 Å². The van der Waals surface area contributed by atoms with E-state index in [1.807, 2.05) is 12.2 Å². The second kappa shape index (κ2) is 37.4. The van der Waals surface area contributed by atoms with Gasteiger partial charge in [-0.2, -0.15) is 0 Å². The molecule has 7 heteroatoms. The maximum absolute atomic E-state index is 14.1. The van der Waals surface area contributed by atoms with Crippen molar-refractivity contribution in [2.75, 3.05) is 46.9 Å². The molecule has 0 atom stereocenters. The van der Waals surface area contributed by atoms with Crippen LogP contribution in [-0.2, 0) is 23.9 Å². The van der Waals surface area contributed by atoms with Gasteiger partial charge in [-0.1, -0.05) is 195 Å². The number of amides is 1. The Morgan fingerprint density at radius 2 is 0.883 bits per heavy atom. The molecule has 0 fully saturated rings. The van der Waals surface area contributed by atoms with Crippen LogP contribution < -0.4 is 0 Å². The van der Waals surface area contributed by atoms with Crippen molar-refractivity contribution in [2.24, 2.45) is 22.7 Å². The fourth-order valence-corrected chi connectivity index (χ4v) is 9.00. The monoisotopic (exact) mass is 845 g/mol. The first-order chi connectivity index (χ1) is 28.7. The van der Waals surface area contributed by atoms with E-state index >= 15 is 0 Å². The van der Waals surface area contributed by atoms with Crippen LogP contribution >= 0.6 is 0 Å². The maximum atomic E-state index is 14.1. The van der Waals surface area contributed by atoms with Gasteiger partial charge in [-0.15, -0.1) is 0 Å². The summed E-state index contributed by atoms with van der Waals surface area (Å²) in [7, 11) is 4.20. The number of unbranched alkanes of at least 4 members (excludes halogenated alkanes) is 12. The first-order valence-corrected chi connectivity index (χ1v) is 25.3. The molecule has 0 aromatic heterocycles. The summed E-state index contributed by atoms with van der Waals surface area (Å²) in [5.74, 6) is 1.56. The summed E-state index contributed by atoms with van der Waals surface area (Å²) in [4.78, 5) is 43.1. The van der Waals surface area contributed by atoms with Gasteiger partial charge in [-0.05, 0) is 76.3 Å². The Kier molecular flexibility index (Phi) is 36.1. The summed E-state index contributed by atoms with van der Waals surface area (Å²) < 4.78 is 11.0. The lowest BCUT2D eigenvalue weighted by atomic mass is 9.74. The van der Waals surface area contributed by atoms with Crippen LogP contribution in [0.25, 0.3) is 0 Å². The molecule has 7 nitrogen and oxygen atoms in total. The molecule has 0 radical (unpaired) electrons. The van der Waals surface area contributed by atoms with E-state index in [4.69, 9.17) is 9.47 Å². The van der Waals surface area contributed by atoms with Crippen LogP contribution in [0.1, 0.15) is 229 Å². The predicted molar refractivity (Wildman–Crippen MR) is 257 cm³/mol. The van der Waals surface area contributed by atoms with Crippen molar-refractivity contribution in [2.45, 2.75) is 229 Å². The van der Waals surface area contributed by atoms with Gasteiger partial charge in [0.15, 0.2) is 0 Å². The van der Waals surface area contributed by atoms with Crippen molar-refractivity contribution in [3.63, 3.8) is 0 Å². The number of hydrogen-bond donors (Lipinski definition) is 0. The molecule has 1 amide bonds. The molecule has 0 aromatic carbocycles. The standard InChI is InChI=1S/C53H100N2O5/c1-11-15-33-47(34-16-12-2)37-27-31-43-59-49(56)39-25-21-19-23-29-41-55(51(58)53(7,8)45-52(5,6)46-54(9)10)42-30-24-20-22-26-40-50(57)60-44-32-28-38-48(35-17-13-3)36-18-14-4/h27-28,31-32,47-48H,11-26,29-30,33-46H2,1-10H3/b31-27-,32-28-. The lowest BCUT2D eigenvalue weighted by molar-refractivity contribution is -0.143. The molecule has 0 heterocycles. The van der Waals surface area contributed by atoms with Crippen molar-refractivity contribution < 1.29 is 23.9 Å². The molecule has 0 saturated carbocycles. The van der Waals surface area contributed by atoms with Crippen LogP contribution in [0.15, 0.2) is 24.3 Å². The van der Waals surface area contributed by atoms with E-state index in [0.717, 1.165) is 115 Å². The molecule has 0 aliphatic heterocycles. The summed E-state index contributed by atoms with van der Waals surface area (Å²) in [6, 6.07) is 0. The van der Waals surface area contributed by atoms with Crippen molar-refractivity contribution in [1.29, 1.82) is 0 Å². The normalized spacial score (nSPS) is 12.5. The van der Waals surface area contributed by atoms with Crippen molar-refractivity contribution in [3.05, 3.63) is 24.3 Å². The Hall–Kier alpha value is -2.15. The smallest absolute Gasteiger partial charge is 0.306 e. The number of allylic oxidation sites excluding steroid dienone is 2. The Bertz CT molecular complexity index is 1030. The van der Waals surface area contributed by atoms with Gasteiger partial charge in [0.25, 0.3) is 0 Å². The average molecular weight is 845 g/mol. The second-order valence-electron chi connectivity index (χ2n) is 19.9. The first kappa shape index (κ1) is 57.9. The number of ether oxygens (including phenoxy) is 2. The predicted octanol–water partition coefficient (Wildman–Crippen LogP) is 14.5. The molecule has 352 valence electrons. The summed E-state index contributed by atoms with van der Waals surface area (Å²) in [6.07, 6.45) is 37.7. The molecule has 60 heavy (non-hydrogen) atoms. The van der Waals surface area contributed by atoms with Gasteiger partial charge < -0.3 is 19.3 Å². The summed E-state index contributed by atoms with van der Waals surface area (Å²) in [5, 5.41) is 0. The number of rotatable bonds is 41. The Balaban J connectivity index is 4.70. The van der Waals surface area contributed by atoms with E-state index < -0.39 is 5.41 Å². The molecule has 0 rings (SSSR count). The van der Waals surface area contributed by atoms with Crippen molar-refractivity contribution in [1.82, 2.24) is 9.80 Å². The van der Waals surface area contributed by atoms with Crippen LogP contribution in [0.2, 0.25) is 0 Å². The van der Waals surface area contributed by atoms with E-state index in [2.05, 4.69) is 91.4 Å². The number of esters is 2.